The molecule has 8 heteroatoms. The number of nitrogens with two attached hydrogens (primary N) is 1. The van der Waals surface area contributed by atoms with E-state index in [4.69, 9.17) is 10.2 Å². The van der Waals surface area contributed by atoms with Crippen LogP contribution in [0.1, 0.15) is 11.4 Å². The molecule has 0 bridgehead atoms. The van der Waals surface area contributed by atoms with Crippen molar-refractivity contribution in [2.24, 2.45) is 5.73 Å². The monoisotopic (exact) mass is 232 g/mol. The van der Waals surface area contributed by atoms with Gasteiger partial charge in [0.1, 0.15) is 6.26 Å². The molecule has 2 aromatic heterocycles. The zero-order valence-electron chi connectivity index (χ0n) is 7.90. The van der Waals surface area contributed by atoms with Gasteiger partial charge in [0.05, 0.1) is 5.69 Å². The standard InChI is InChI=1S/C8H7F3N4O/c9-8(10,11)6-1-2-15(14-6)7-13-5(3-12)4-16-7/h1-2,4H,3,12H2. The fourth-order valence-corrected chi connectivity index (χ4v) is 1.08. The van der Waals surface area contributed by atoms with Gasteiger partial charge < -0.3 is 10.2 Å². The van der Waals surface area contributed by atoms with Crippen molar-refractivity contribution in [2.45, 2.75) is 12.7 Å². The zero-order chi connectivity index (χ0) is 11.8. The van der Waals surface area contributed by atoms with Gasteiger partial charge in [-0.15, -0.1) is 0 Å². The molecule has 0 spiro atoms. The predicted molar refractivity (Wildman–Crippen MR) is 46.5 cm³/mol. The minimum atomic E-state index is -4.48. The van der Waals surface area contributed by atoms with E-state index in [9.17, 15) is 13.2 Å². The normalized spacial score (nSPS) is 12.0. The van der Waals surface area contributed by atoms with E-state index >= 15 is 0 Å². The van der Waals surface area contributed by atoms with E-state index in [0.717, 1.165) is 16.9 Å². The van der Waals surface area contributed by atoms with Gasteiger partial charge in [-0.1, -0.05) is 0 Å². The van der Waals surface area contributed by atoms with Gasteiger partial charge in [0.25, 0.3) is 0 Å². The van der Waals surface area contributed by atoms with E-state index in [1.54, 1.807) is 0 Å². The lowest BCUT2D eigenvalue weighted by molar-refractivity contribution is -0.141. The predicted octanol–water partition coefficient (Wildman–Crippen LogP) is 1.34. The van der Waals surface area contributed by atoms with Crippen molar-refractivity contribution >= 4 is 0 Å². The maximum Gasteiger partial charge on any atom is 0.435 e. The molecule has 0 amide bonds. The molecule has 0 aliphatic rings. The lowest BCUT2D eigenvalue weighted by atomic mass is 10.4. The van der Waals surface area contributed by atoms with Crippen molar-refractivity contribution in [1.29, 1.82) is 0 Å². The Morgan fingerprint density at radius 1 is 1.44 bits per heavy atom. The van der Waals surface area contributed by atoms with Crippen LogP contribution in [0.25, 0.3) is 6.01 Å². The molecule has 0 radical (unpaired) electrons. The molecule has 0 aromatic carbocycles. The first-order valence-electron chi connectivity index (χ1n) is 4.28. The SMILES string of the molecule is NCc1coc(-n2ccc(C(F)(F)F)n2)n1. The van der Waals surface area contributed by atoms with Gasteiger partial charge in [-0.2, -0.15) is 27.9 Å². The van der Waals surface area contributed by atoms with Gasteiger partial charge in [-0.3, -0.25) is 0 Å². The van der Waals surface area contributed by atoms with E-state index in [1.165, 1.54) is 6.26 Å². The summed E-state index contributed by atoms with van der Waals surface area (Å²) in [5.74, 6) is 0. The topological polar surface area (TPSA) is 69.9 Å². The Hall–Kier alpha value is -1.83. The van der Waals surface area contributed by atoms with Crippen molar-refractivity contribution in [3.8, 4) is 6.01 Å². The molecule has 16 heavy (non-hydrogen) atoms. The number of aromatic nitrogens is 3. The van der Waals surface area contributed by atoms with Crippen LogP contribution in [-0.4, -0.2) is 14.8 Å². The molecule has 2 N–H and O–H groups in total. The van der Waals surface area contributed by atoms with E-state index in [2.05, 4.69) is 10.1 Å². The molecule has 0 saturated carbocycles. The average molecular weight is 232 g/mol. The molecule has 0 aliphatic carbocycles. The van der Waals surface area contributed by atoms with Gasteiger partial charge >= 0.3 is 12.2 Å². The third-order valence-electron chi connectivity index (χ3n) is 1.82. The van der Waals surface area contributed by atoms with Gasteiger partial charge in [-0.05, 0) is 6.07 Å². The maximum absolute atomic E-state index is 12.2. The highest BCUT2D eigenvalue weighted by Gasteiger charge is 2.33. The van der Waals surface area contributed by atoms with Crippen LogP contribution in [0.3, 0.4) is 0 Å². The van der Waals surface area contributed by atoms with Gasteiger partial charge in [0, 0.05) is 12.7 Å². The van der Waals surface area contributed by atoms with Crippen LogP contribution in [0.2, 0.25) is 0 Å². The Balaban J connectivity index is 2.31. The third-order valence-corrected chi connectivity index (χ3v) is 1.82. The number of oxazole rings is 1. The number of nitrogens with zero attached hydrogens (tertiary/aromatic N) is 3. The molecular formula is C8H7F3N4O. The number of hydrogen-bond donors (Lipinski definition) is 1. The first-order valence-corrected chi connectivity index (χ1v) is 4.28. The van der Waals surface area contributed by atoms with Crippen LogP contribution in [0.4, 0.5) is 13.2 Å². The number of halogens is 3. The van der Waals surface area contributed by atoms with Gasteiger partial charge in [-0.25, -0.2) is 0 Å². The van der Waals surface area contributed by atoms with Crippen molar-refractivity contribution in [2.75, 3.05) is 0 Å². The summed E-state index contributed by atoms with van der Waals surface area (Å²) in [7, 11) is 0. The summed E-state index contributed by atoms with van der Waals surface area (Å²) >= 11 is 0. The summed E-state index contributed by atoms with van der Waals surface area (Å²) < 4.78 is 42.5. The second-order valence-corrected chi connectivity index (χ2v) is 2.97. The summed E-state index contributed by atoms with van der Waals surface area (Å²) in [5.41, 5.74) is 4.73. The summed E-state index contributed by atoms with van der Waals surface area (Å²) in [6.07, 6.45) is -2.09. The van der Waals surface area contributed by atoms with E-state index in [0.29, 0.717) is 5.69 Å². The lowest BCUT2D eigenvalue weighted by Gasteiger charge is -1.99. The molecule has 2 aromatic rings. The van der Waals surface area contributed by atoms with E-state index in [-0.39, 0.29) is 12.6 Å². The molecule has 86 valence electrons. The first kappa shape index (κ1) is 10.7. The summed E-state index contributed by atoms with van der Waals surface area (Å²) in [4.78, 5) is 3.84. The van der Waals surface area contributed by atoms with Crippen LogP contribution in [0, 0.1) is 0 Å². The highest BCUT2D eigenvalue weighted by Crippen LogP contribution is 2.27. The van der Waals surface area contributed by atoms with Crippen molar-refractivity contribution in [3.63, 3.8) is 0 Å². The Morgan fingerprint density at radius 3 is 2.69 bits per heavy atom. The second-order valence-electron chi connectivity index (χ2n) is 2.97. The molecule has 0 atom stereocenters. The highest BCUT2D eigenvalue weighted by molar-refractivity contribution is 5.13. The minimum absolute atomic E-state index is 0.0454. The van der Waals surface area contributed by atoms with Gasteiger partial charge in [0.15, 0.2) is 5.69 Å². The Labute approximate surface area is 87.7 Å². The maximum atomic E-state index is 12.2. The number of alkyl halides is 3. The van der Waals surface area contributed by atoms with Crippen LogP contribution in [0.5, 0.6) is 0 Å². The van der Waals surface area contributed by atoms with Gasteiger partial charge in [0.2, 0.25) is 0 Å². The molecule has 2 rings (SSSR count). The molecule has 2 heterocycles. The van der Waals surface area contributed by atoms with Crippen LogP contribution in [0.15, 0.2) is 22.9 Å². The summed E-state index contributed by atoms with van der Waals surface area (Å²) in [5, 5.41) is 3.29. The number of rotatable bonds is 2. The Kier molecular flexibility index (Phi) is 2.43. The molecule has 5 nitrogen and oxygen atoms in total. The Morgan fingerprint density at radius 2 is 2.19 bits per heavy atom. The van der Waals surface area contributed by atoms with E-state index in [1.807, 2.05) is 0 Å². The van der Waals surface area contributed by atoms with Crippen molar-refractivity contribution in [3.05, 3.63) is 29.9 Å². The minimum Gasteiger partial charge on any atom is -0.430 e. The number of hydrogen-bond acceptors (Lipinski definition) is 4. The summed E-state index contributed by atoms with van der Waals surface area (Å²) in [6, 6.07) is 0.794. The fourth-order valence-electron chi connectivity index (χ4n) is 1.08. The molecule has 0 unspecified atom stereocenters. The quantitative estimate of drug-likeness (QED) is 0.848. The van der Waals surface area contributed by atoms with Crippen LogP contribution < -0.4 is 5.73 Å². The third kappa shape index (κ3) is 1.91. The zero-order valence-corrected chi connectivity index (χ0v) is 7.90. The average Bonchev–Trinajstić information content (AvgIpc) is 2.85. The molecule has 0 fully saturated rings. The largest absolute Gasteiger partial charge is 0.435 e. The van der Waals surface area contributed by atoms with Crippen molar-refractivity contribution in [1.82, 2.24) is 14.8 Å². The van der Waals surface area contributed by atoms with Crippen LogP contribution >= 0.6 is 0 Å². The van der Waals surface area contributed by atoms with Crippen molar-refractivity contribution < 1.29 is 17.6 Å². The molecular weight excluding hydrogens is 225 g/mol. The smallest absolute Gasteiger partial charge is 0.430 e. The first-order chi connectivity index (χ1) is 7.50. The lowest BCUT2D eigenvalue weighted by Crippen LogP contribution is -2.07. The molecule has 0 aliphatic heterocycles. The summed E-state index contributed by atoms with van der Waals surface area (Å²) in [6.45, 7) is 0.150. The Bertz CT molecular complexity index is 487. The fraction of sp³-hybridized carbons (Fsp3) is 0.250. The van der Waals surface area contributed by atoms with E-state index < -0.39 is 11.9 Å². The second kappa shape index (κ2) is 3.63. The van der Waals surface area contributed by atoms with Crippen LogP contribution in [-0.2, 0) is 12.7 Å². The highest BCUT2D eigenvalue weighted by atomic mass is 19.4. The molecule has 0 saturated heterocycles.